The highest BCUT2D eigenvalue weighted by molar-refractivity contribution is 7.86. The van der Waals surface area contributed by atoms with Gasteiger partial charge in [-0.2, -0.15) is 8.42 Å². The molecule has 1 N–H and O–H groups in total. The number of carbonyl (C=O) groups excluding carboxylic acids is 1. The first-order valence-corrected chi connectivity index (χ1v) is 9.98. The van der Waals surface area contributed by atoms with Crippen molar-refractivity contribution in [3.8, 4) is 0 Å². The van der Waals surface area contributed by atoms with Crippen LogP contribution in [0.15, 0.2) is 82.3 Å². The zero-order valence-corrected chi connectivity index (χ0v) is 16.2. The van der Waals surface area contributed by atoms with E-state index in [0.717, 1.165) is 5.56 Å². The summed E-state index contributed by atoms with van der Waals surface area (Å²) in [4.78, 5) is 12.8. The first-order valence-electron chi connectivity index (χ1n) is 8.57. The van der Waals surface area contributed by atoms with Crippen LogP contribution in [-0.2, 0) is 14.3 Å². The molecule has 28 heavy (non-hydrogen) atoms. The van der Waals surface area contributed by atoms with Crippen molar-refractivity contribution in [2.45, 2.75) is 30.4 Å². The molecule has 0 saturated carbocycles. The first kappa shape index (κ1) is 20.0. The van der Waals surface area contributed by atoms with Gasteiger partial charge in [0.05, 0.1) is 11.2 Å². The molecule has 1 heterocycles. The summed E-state index contributed by atoms with van der Waals surface area (Å²) in [7, 11) is -4.27. The molecule has 0 aliphatic heterocycles. The SMILES string of the molecule is Cc1ccc(S(=O)(=O)OC(c2ccco2)C(C)(O)C(=O)c2ccccc2)cc1. The van der Waals surface area contributed by atoms with E-state index in [1.165, 1.54) is 49.6 Å². The molecule has 0 amide bonds. The number of ketones is 1. The van der Waals surface area contributed by atoms with Crippen molar-refractivity contribution < 1.29 is 26.9 Å². The van der Waals surface area contributed by atoms with Crippen molar-refractivity contribution in [3.05, 3.63) is 89.9 Å². The smallest absolute Gasteiger partial charge is 0.297 e. The van der Waals surface area contributed by atoms with Gasteiger partial charge in [-0.25, -0.2) is 0 Å². The molecule has 1 aromatic heterocycles. The van der Waals surface area contributed by atoms with Crippen LogP contribution in [0, 0.1) is 6.92 Å². The Morgan fingerprint density at radius 3 is 2.25 bits per heavy atom. The van der Waals surface area contributed by atoms with Crippen LogP contribution >= 0.6 is 0 Å². The van der Waals surface area contributed by atoms with Gasteiger partial charge in [0.2, 0.25) is 0 Å². The van der Waals surface area contributed by atoms with Crippen LogP contribution in [0.1, 0.15) is 34.7 Å². The summed E-state index contributed by atoms with van der Waals surface area (Å²) in [6.45, 7) is 3.03. The van der Waals surface area contributed by atoms with Gasteiger partial charge in [0.25, 0.3) is 10.1 Å². The van der Waals surface area contributed by atoms with E-state index >= 15 is 0 Å². The van der Waals surface area contributed by atoms with Gasteiger partial charge in [-0.15, -0.1) is 0 Å². The van der Waals surface area contributed by atoms with E-state index in [1.807, 2.05) is 6.92 Å². The molecule has 2 atom stereocenters. The molecule has 0 aliphatic rings. The summed E-state index contributed by atoms with van der Waals surface area (Å²) in [5.41, 5.74) is -1.09. The Morgan fingerprint density at radius 1 is 1.04 bits per heavy atom. The summed E-state index contributed by atoms with van der Waals surface area (Å²) in [6, 6.07) is 17.1. The molecule has 2 unspecified atom stereocenters. The standard InChI is InChI=1S/C21H20O6S/c1-15-10-12-17(13-11-15)28(24,25)27-20(18-9-6-14-26-18)21(2,23)19(22)16-7-4-3-5-8-16/h3-14,20,23H,1-2H3. The summed E-state index contributed by atoms with van der Waals surface area (Å²) >= 11 is 0. The maximum absolute atomic E-state index is 12.9. The van der Waals surface area contributed by atoms with Crippen LogP contribution in [0.3, 0.4) is 0 Å². The van der Waals surface area contributed by atoms with Gasteiger partial charge >= 0.3 is 0 Å². The number of benzene rings is 2. The molecular formula is C21H20O6S. The number of rotatable bonds is 7. The fraction of sp³-hybridized carbons (Fsp3) is 0.190. The van der Waals surface area contributed by atoms with Gasteiger partial charge in [-0.3, -0.25) is 8.98 Å². The van der Waals surface area contributed by atoms with Gasteiger partial charge in [0, 0.05) is 5.56 Å². The fourth-order valence-corrected chi connectivity index (χ4v) is 3.86. The van der Waals surface area contributed by atoms with E-state index in [0.29, 0.717) is 0 Å². The maximum Gasteiger partial charge on any atom is 0.297 e. The minimum absolute atomic E-state index is 0.0185. The highest BCUT2D eigenvalue weighted by Gasteiger charge is 2.46. The second-order valence-corrected chi connectivity index (χ2v) is 8.17. The van der Waals surface area contributed by atoms with Crippen LogP contribution in [-0.4, -0.2) is 24.9 Å². The van der Waals surface area contributed by atoms with Crippen molar-refractivity contribution in [3.63, 3.8) is 0 Å². The van der Waals surface area contributed by atoms with Crippen LogP contribution in [0.4, 0.5) is 0 Å². The molecule has 6 nitrogen and oxygen atoms in total. The second-order valence-electron chi connectivity index (χ2n) is 6.60. The molecule has 0 fully saturated rings. The quantitative estimate of drug-likeness (QED) is 0.480. The molecule has 0 spiro atoms. The van der Waals surface area contributed by atoms with E-state index in [1.54, 1.807) is 30.3 Å². The van der Waals surface area contributed by atoms with Gasteiger partial charge in [-0.1, -0.05) is 48.0 Å². The predicted molar refractivity (Wildman–Crippen MR) is 102 cm³/mol. The van der Waals surface area contributed by atoms with Gasteiger partial charge in [0.15, 0.2) is 17.5 Å². The van der Waals surface area contributed by atoms with E-state index in [-0.39, 0.29) is 16.2 Å². The molecule has 3 rings (SSSR count). The number of aliphatic hydroxyl groups is 1. The summed E-state index contributed by atoms with van der Waals surface area (Å²) in [5.74, 6) is -0.668. The molecule has 0 bridgehead atoms. The van der Waals surface area contributed by atoms with E-state index in [2.05, 4.69) is 0 Å². The molecule has 0 radical (unpaired) electrons. The number of carbonyl (C=O) groups is 1. The lowest BCUT2D eigenvalue weighted by Crippen LogP contribution is -2.43. The third-order valence-corrected chi connectivity index (χ3v) is 5.64. The summed E-state index contributed by atoms with van der Waals surface area (Å²) < 4.78 is 36.1. The molecular weight excluding hydrogens is 380 g/mol. The van der Waals surface area contributed by atoms with Crippen molar-refractivity contribution in [1.82, 2.24) is 0 Å². The number of hydrogen-bond acceptors (Lipinski definition) is 6. The van der Waals surface area contributed by atoms with Crippen LogP contribution < -0.4 is 0 Å². The van der Waals surface area contributed by atoms with E-state index in [4.69, 9.17) is 8.60 Å². The Balaban J connectivity index is 2.00. The zero-order valence-electron chi connectivity index (χ0n) is 15.4. The minimum atomic E-state index is -4.27. The summed E-state index contributed by atoms with van der Waals surface area (Å²) in [6.07, 6.45) is -0.255. The van der Waals surface area contributed by atoms with E-state index in [9.17, 15) is 18.3 Å². The molecule has 0 aliphatic carbocycles. The van der Waals surface area contributed by atoms with Crippen LogP contribution in [0.2, 0.25) is 0 Å². The zero-order chi connectivity index (χ0) is 20.4. The molecule has 146 valence electrons. The van der Waals surface area contributed by atoms with Crippen LogP contribution in [0.5, 0.6) is 0 Å². The van der Waals surface area contributed by atoms with E-state index < -0.39 is 27.6 Å². The normalized spacial score (nSPS) is 15.0. The lowest BCUT2D eigenvalue weighted by Gasteiger charge is -2.29. The highest BCUT2D eigenvalue weighted by atomic mass is 32.2. The number of Topliss-reactive ketones (excluding diaryl/α,β-unsaturated/α-hetero) is 1. The van der Waals surface area contributed by atoms with Gasteiger partial charge in [0.1, 0.15) is 5.76 Å². The van der Waals surface area contributed by atoms with Crippen LogP contribution in [0.25, 0.3) is 0 Å². The molecule has 3 aromatic rings. The Labute approximate surface area is 163 Å². The lowest BCUT2D eigenvalue weighted by molar-refractivity contribution is -0.0347. The fourth-order valence-electron chi connectivity index (χ4n) is 2.75. The van der Waals surface area contributed by atoms with Crippen molar-refractivity contribution in [1.29, 1.82) is 0 Å². The average Bonchev–Trinajstić information content (AvgIpc) is 3.21. The lowest BCUT2D eigenvalue weighted by atomic mass is 9.88. The van der Waals surface area contributed by atoms with Crippen molar-refractivity contribution in [2.24, 2.45) is 0 Å². The third kappa shape index (κ3) is 4.06. The minimum Gasteiger partial charge on any atom is -0.466 e. The average molecular weight is 400 g/mol. The Morgan fingerprint density at radius 2 is 1.68 bits per heavy atom. The first-order chi connectivity index (χ1) is 13.2. The van der Waals surface area contributed by atoms with Crippen molar-refractivity contribution >= 4 is 15.9 Å². The largest absolute Gasteiger partial charge is 0.466 e. The molecule has 2 aromatic carbocycles. The number of aryl methyl sites for hydroxylation is 1. The second kappa shape index (κ2) is 7.71. The topological polar surface area (TPSA) is 93.8 Å². The predicted octanol–water partition coefficient (Wildman–Crippen LogP) is 3.67. The summed E-state index contributed by atoms with van der Waals surface area (Å²) in [5, 5.41) is 11.0. The van der Waals surface area contributed by atoms with Gasteiger partial charge < -0.3 is 9.52 Å². The van der Waals surface area contributed by atoms with Gasteiger partial charge in [-0.05, 0) is 38.1 Å². The maximum atomic E-state index is 12.9. The highest BCUT2D eigenvalue weighted by Crippen LogP contribution is 2.35. The number of furan rings is 1. The third-order valence-electron chi connectivity index (χ3n) is 4.34. The molecule has 0 saturated heterocycles. The van der Waals surface area contributed by atoms with Crippen molar-refractivity contribution in [2.75, 3.05) is 0 Å². The Bertz CT molecular complexity index is 1040. The Hall–Kier alpha value is -2.74. The Kier molecular flexibility index (Phi) is 5.51. The molecule has 7 heteroatoms. The number of hydrogen-bond donors (Lipinski definition) is 1. The monoisotopic (exact) mass is 400 g/mol.